The van der Waals surface area contributed by atoms with Crippen LogP contribution < -0.4 is 5.32 Å². The molecular formula is C17H19F3N2O2. The number of carbonyl (C=O) groups is 2. The van der Waals surface area contributed by atoms with Crippen LogP contribution in [0, 0.1) is 5.41 Å². The Labute approximate surface area is 138 Å². The Morgan fingerprint density at radius 1 is 1.21 bits per heavy atom. The summed E-state index contributed by atoms with van der Waals surface area (Å²) in [5, 5.41) is 2.95. The van der Waals surface area contributed by atoms with Crippen molar-refractivity contribution in [3.05, 3.63) is 35.4 Å². The van der Waals surface area contributed by atoms with Crippen LogP contribution in [-0.2, 0) is 22.2 Å². The number of rotatable bonds is 4. The lowest BCUT2D eigenvalue weighted by atomic mass is 9.94. The first-order valence-electron chi connectivity index (χ1n) is 7.92. The van der Waals surface area contributed by atoms with E-state index in [-0.39, 0.29) is 17.9 Å². The summed E-state index contributed by atoms with van der Waals surface area (Å²) in [5.41, 5.74) is -0.454. The summed E-state index contributed by atoms with van der Waals surface area (Å²) in [6.07, 6.45) is -2.42. The maximum atomic E-state index is 12.6. The van der Waals surface area contributed by atoms with E-state index < -0.39 is 17.2 Å². The number of carbonyl (C=O) groups excluding carboxylic acids is 2. The van der Waals surface area contributed by atoms with Gasteiger partial charge in [-0.3, -0.25) is 9.59 Å². The van der Waals surface area contributed by atoms with E-state index in [0.717, 1.165) is 30.5 Å². The minimum absolute atomic E-state index is 0.00797. The molecule has 2 aliphatic rings. The summed E-state index contributed by atoms with van der Waals surface area (Å²) in [5.74, 6) is -0.0676. The Kier molecular flexibility index (Phi) is 4.05. The van der Waals surface area contributed by atoms with E-state index in [2.05, 4.69) is 5.32 Å². The molecule has 1 saturated carbocycles. The molecule has 1 N–H and O–H groups in total. The lowest BCUT2D eigenvalue weighted by Gasteiger charge is -2.39. The SMILES string of the molecule is CC(=O)N1CC(NC(=O)C2(Cc3ccc(C(F)(F)F)cc3)CC2)C1. The van der Waals surface area contributed by atoms with Crippen molar-refractivity contribution in [1.29, 1.82) is 0 Å². The molecule has 24 heavy (non-hydrogen) atoms. The largest absolute Gasteiger partial charge is 0.416 e. The van der Waals surface area contributed by atoms with Crippen molar-refractivity contribution < 1.29 is 22.8 Å². The Balaban J connectivity index is 1.57. The van der Waals surface area contributed by atoms with Crippen molar-refractivity contribution in [3.8, 4) is 0 Å². The number of hydrogen-bond donors (Lipinski definition) is 1. The molecule has 1 aliphatic carbocycles. The molecule has 1 heterocycles. The zero-order valence-electron chi connectivity index (χ0n) is 13.3. The predicted molar refractivity (Wildman–Crippen MR) is 81.0 cm³/mol. The van der Waals surface area contributed by atoms with Crippen LogP contribution in [0.15, 0.2) is 24.3 Å². The van der Waals surface area contributed by atoms with Crippen LogP contribution in [0.5, 0.6) is 0 Å². The fourth-order valence-electron chi connectivity index (χ4n) is 3.00. The van der Waals surface area contributed by atoms with Crippen LogP contribution in [0.3, 0.4) is 0 Å². The summed E-state index contributed by atoms with van der Waals surface area (Å²) >= 11 is 0. The van der Waals surface area contributed by atoms with Gasteiger partial charge in [0.05, 0.1) is 17.0 Å². The number of amides is 2. The molecule has 1 saturated heterocycles. The van der Waals surface area contributed by atoms with Gasteiger partial charge in [-0.2, -0.15) is 13.2 Å². The zero-order valence-corrected chi connectivity index (χ0v) is 13.3. The molecule has 130 valence electrons. The van der Waals surface area contributed by atoms with Gasteiger partial charge in [0.25, 0.3) is 0 Å². The van der Waals surface area contributed by atoms with Gasteiger partial charge in [0.1, 0.15) is 0 Å². The van der Waals surface area contributed by atoms with Crippen molar-refractivity contribution in [2.75, 3.05) is 13.1 Å². The van der Waals surface area contributed by atoms with Gasteiger partial charge >= 0.3 is 6.18 Å². The van der Waals surface area contributed by atoms with E-state index in [9.17, 15) is 22.8 Å². The van der Waals surface area contributed by atoms with E-state index in [1.165, 1.54) is 19.1 Å². The normalized spacial score (nSPS) is 19.6. The molecule has 1 aromatic rings. The van der Waals surface area contributed by atoms with Gasteiger partial charge < -0.3 is 10.2 Å². The number of hydrogen-bond acceptors (Lipinski definition) is 2. The second-order valence-corrected chi connectivity index (χ2v) is 6.75. The molecule has 4 nitrogen and oxygen atoms in total. The smallest absolute Gasteiger partial charge is 0.349 e. The molecule has 0 spiro atoms. The molecular weight excluding hydrogens is 321 g/mol. The quantitative estimate of drug-likeness (QED) is 0.915. The molecule has 0 bridgehead atoms. The number of nitrogens with zero attached hydrogens (tertiary/aromatic N) is 1. The van der Waals surface area contributed by atoms with E-state index in [1.54, 1.807) is 4.90 Å². The second-order valence-electron chi connectivity index (χ2n) is 6.75. The lowest BCUT2D eigenvalue weighted by Crippen LogP contribution is -2.61. The zero-order chi connectivity index (χ0) is 17.5. The number of benzene rings is 1. The highest BCUT2D eigenvalue weighted by Gasteiger charge is 2.50. The van der Waals surface area contributed by atoms with Crippen LogP contribution in [0.1, 0.15) is 30.9 Å². The van der Waals surface area contributed by atoms with Crippen molar-refractivity contribution in [1.82, 2.24) is 10.2 Å². The summed E-state index contributed by atoms with van der Waals surface area (Å²) in [4.78, 5) is 25.2. The first kappa shape index (κ1) is 16.8. The lowest BCUT2D eigenvalue weighted by molar-refractivity contribution is -0.137. The summed E-state index contributed by atoms with van der Waals surface area (Å²) in [7, 11) is 0. The van der Waals surface area contributed by atoms with Gasteiger partial charge in [0, 0.05) is 20.0 Å². The van der Waals surface area contributed by atoms with Gasteiger partial charge in [0.15, 0.2) is 0 Å². The maximum Gasteiger partial charge on any atom is 0.416 e. The monoisotopic (exact) mass is 340 g/mol. The topological polar surface area (TPSA) is 49.4 Å². The van der Waals surface area contributed by atoms with Gasteiger partial charge in [-0.1, -0.05) is 12.1 Å². The van der Waals surface area contributed by atoms with Crippen LogP contribution >= 0.6 is 0 Å². The van der Waals surface area contributed by atoms with Crippen molar-refractivity contribution in [2.45, 2.75) is 38.4 Å². The predicted octanol–water partition coefficient (Wildman–Crippen LogP) is 2.38. The van der Waals surface area contributed by atoms with Crippen LogP contribution in [-0.4, -0.2) is 35.8 Å². The summed E-state index contributed by atoms with van der Waals surface area (Å²) < 4.78 is 37.7. The average molecular weight is 340 g/mol. The van der Waals surface area contributed by atoms with Crippen molar-refractivity contribution in [3.63, 3.8) is 0 Å². The van der Waals surface area contributed by atoms with E-state index in [4.69, 9.17) is 0 Å². The van der Waals surface area contributed by atoms with Crippen molar-refractivity contribution >= 4 is 11.8 Å². The molecule has 7 heteroatoms. The summed E-state index contributed by atoms with van der Waals surface area (Å²) in [6, 6.07) is 4.97. The first-order valence-corrected chi connectivity index (χ1v) is 7.92. The van der Waals surface area contributed by atoms with Crippen LogP contribution in [0.2, 0.25) is 0 Å². The van der Waals surface area contributed by atoms with Gasteiger partial charge in [-0.05, 0) is 37.0 Å². The van der Waals surface area contributed by atoms with Gasteiger partial charge in [-0.15, -0.1) is 0 Å². The highest BCUT2D eigenvalue weighted by molar-refractivity contribution is 5.86. The Bertz CT molecular complexity index is 645. The third-order valence-corrected chi connectivity index (χ3v) is 4.82. The molecule has 1 aromatic carbocycles. The maximum absolute atomic E-state index is 12.6. The minimum Gasteiger partial charge on any atom is -0.349 e. The molecule has 3 rings (SSSR count). The molecule has 0 unspecified atom stereocenters. The van der Waals surface area contributed by atoms with Crippen LogP contribution in [0.4, 0.5) is 13.2 Å². The number of alkyl halides is 3. The molecule has 0 atom stereocenters. The fourth-order valence-corrected chi connectivity index (χ4v) is 3.00. The first-order chi connectivity index (χ1) is 11.2. The minimum atomic E-state index is -4.35. The second kappa shape index (κ2) is 5.79. The third kappa shape index (κ3) is 3.39. The van der Waals surface area contributed by atoms with E-state index in [0.29, 0.717) is 19.5 Å². The van der Waals surface area contributed by atoms with Gasteiger partial charge in [0.2, 0.25) is 11.8 Å². The van der Waals surface area contributed by atoms with Crippen LogP contribution in [0.25, 0.3) is 0 Å². The Morgan fingerprint density at radius 2 is 1.79 bits per heavy atom. The molecule has 1 aliphatic heterocycles. The fraction of sp³-hybridized carbons (Fsp3) is 0.529. The molecule has 0 radical (unpaired) electrons. The standard InChI is InChI=1S/C17H19F3N2O2/c1-11(23)22-9-14(10-22)21-15(24)16(6-7-16)8-12-2-4-13(5-3-12)17(18,19)20/h2-5,14H,6-10H2,1H3,(H,21,24). The van der Waals surface area contributed by atoms with E-state index in [1.807, 2.05) is 0 Å². The van der Waals surface area contributed by atoms with E-state index >= 15 is 0 Å². The third-order valence-electron chi connectivity index (χ3n) is 4.82. The molecule has 2 fully saturated rings. The Hall–Kier alpha value is -2.05. The Morgan fingerprint density at radius 3 is 2.25 bits per heavy atom. The summed E-state index contributed by atoms with van der Waals surface area (Å²) in [6.45, 7) is 2.54. The number of nitrogens with one attached hydrogen (secondary N) is 1. The highest BCUT2D eigenvalue weighted by atomic mass is 19.4. The van der Waals surface area contributed by atoms with Crippen molar-refractivity contribution in [2.24, 2.45) is 5.41 Å². The van der Waals surface area contributed by atoms with Gasteiger partial charge in [-0.25, -0.2) is 0 Å². The average Bonchev–Trinajstić information content (AvgIpc) is 3.22. The number of halogens is 3. The molecule has 2 amide bonds. The number of likely N-dealkylation sites (tertiary alicyclic amines) is 1. The highest BCUT2D eigenvalue weighted by Crippen LogP contribution is 2.49. The molecule has 0 aromatic heterocycles.